The number of carbonyl (C=O) groups excluding carboxylic acids is 2. The molecule has 2 rings (SSSR count). The lowest BCUT2D eigenvalue weighted by atomic mass is 10.1. The van der Waals surface area contributed by atoms with E-state index in [1.807, 2.05) is 36.0 Å². The Labute approximate surface area is 139 Å². The van der Waals surface area contributed by atoms with Crippen LogP contribution in [0.5, 0.6) is 0 Å². The summed E-state index contributed by atoms with van der Waals surface area (Å²) in [5.74, 6) is 1.77. The summed E-state index contributed by atoms with van der Waals surface area (Å²) < 4.78 is 0. The summed E-state index contributed by atoms with van der Waals surface area (Å²) in [6.45, 7) is 0.753. The second-order valence-corrected chi connectivity index (χ2v) is 5.93. The summed E-state index contributed by atoms with van der Waals surface area (Å²) in [4.78, 5) is 27.5. The molecule has 23 heavy (non-hydrogen) atoms. The summed E-state index contributed by atoms with van der Waals surface area (Å²) in [5, 5.41) is 0. The fraction of sp³-hybridized carbons (Fsp3) is 0.222. The van der Waals surface area contributed by atoms with Crippen molar-refractivity contribution in [3.63, 3.8) is 0 Å². The lowest BCUT2D eigenvalue weighted by Gasteiger charge is -2.05. The van der Waals surface area contributed by atoms with Gasteiger partial charge >= 0.3 is 0 Å². The van der Waals surface area contributed by atoms with E-state index in [1.165, 1.54) is 11.1 Å². The van der Waals surface area contributed by atoms with E-state index < -0.39 is 0 Å². The predicted molar refractivity (Wildman–Crippen MR) is 91.5 cm³/mol. The summed E-state index contributed by atoms with van der Waals surface area (Å²) in [5.41, 5.74) is 4.44. The maximum atomic E-state index is 10.2. The second-order valence-electron chi connectivity index (χ2n) is 4.95. The molecule has 0 aliphatic rings. The molecule has 0 aliphatic heterocycles. The molecule has 0 spiro atoms. The minimum atomic E-state index is 0.376. The fourth-order valence-corrected chi connectivity index (χ4v) is 3.10. The topological polar surface area (TPSA) is 58.9 Å². The van der Waals surface area contributed by atoms with Crippen molar-refractivity contribution in [1.82, 2.24) is 0 Å². The number of nitrogens with zero attached hydrogens (tertiary/aromatic N) is 2. The van der Waals surface area contributed by atoms with E-state index in [4.69, 9.17) is 0 Å². The molecule has 4 nitrogen and oxygen atoms in total. The minimum absolute atomic E-state index is 0.376. The highest BCUT2D eigenvalue weighted by molar-refractivity contribution is 7.97. The third kappa shape index (κ3) is 6.05. The number of hydrogen-bond donors (Lipinski definition) is 0. The zero-order valence-corrected chi connectivity index (χ0v) is 13.4. The van der Waals surface area contributed by atoms with Crippen LogP contribution >= 0.6 is 11.8 Å². The van der Waals surface area contributed by atoms with E-state index in [1.54, 1.807) is 12.2 Å². The number of hydrogen-bond acceptors (Lipinski definition) is 5. The van der Waals surface area contributed by atoms with Crippen LogP contribution in [0.15, 0.2) is 58.5 Å². The Balaban J connectivity index is 1.89. The Hall–Kier alpha value is -2.45. The van der Waals surface area contributed by atoms with Crippen LogP contribution in [-0.2, 0) is 34.2 Å². The fourth-order valence-electron chi connectivity index (χ4n) is 2.17. The molecule has 0 unspecified atom stereocenters. The molecule has 2 aromatic rings. The molecule has 0 fully saturated rings. The quantitative estimate of drug-likeness (QED) is 0.548. The second kappa shape index (κ2) is 9.54. The smallest absolute Gasteiger partial charge is 0.211 e. The molecule has 2 aromatic carbocycles. The van der Waals surface area contributed by atoms with E-state index in [9.17, 15) is 9.59 Å². The van der Waals surface area contributed by atoms with Crippen molar-refractivity contribution in [2.45, 2.75) is 24.6 Å². The van der Waals surface area contributed by atoms with Crippen molar-refractivity contribution in [3.05, 3.63) is 70.8 Å². The first-order chi connectivity index (χ1) is 11.3. The van der Waals surface area contributed by atoms with Crippen molar-refractivity contribution >= 4 is 23.9 Å². The first kappa shape index (κ1) is 16.9. The van der Waals surface area contributed by atoms with Crippen LogP contribution in [0.3, 0.4) is 0 Å². The van der Waals surface area contributed by atoms with Crippen molar-refractivity contribution in [2.24, 2.45) is 9.98 Å². The number of rotatable bonds is 8. The first-order valence-corrected chi connectivity index (χ1v) is 8.28. The van der Waals surface area contributed by atoms with Crippen LogP contribution < -0.4 is 0 Å². The minimum Gasteiger partial charge on any atom is -0.211 e. The molecule has 0 heterocycles. The SMILES string of the molecule is O=C=NCc1cccc(CSCc2cccc(CN=C=O)c2)c1. The highest BCUT2D eigenvalue weighted by atomic mass is 32.2. The molecule has 0 aliphatic carbocycles. The van der Waals surface area contributed by atoms with Crippen molar-refractivity contribution in [2.75, 3.05) is 0 Å². The van der Waals surface area contributed by atoms with Gasteiger partial charge in [-0.2, -0.15) is 11.8 Å². The predicted octanol–water partition coefficient (Wildman–Crippen LogP) is 3.79. The van der Waals surface area contributed by atoms with E-state index in [0.717, 1.165) is 22.6 Å². The van der Waals surface area contributed by atoms with E-state index >= 15 is 0 Å². The van der Waals surface area contributed by atoms with Gasteiger partial charge in [-0.15, -0.1) is 0 Å². The lowest BCUT2D eigenvalue weighted by Crippen LogP contribution is -1.88. The van der Waals surface area contributed by atoms with Crippen molar-refractivity contribution < 1.29 is 9.59 Å². The molecule has 0 amide bonds. The monoisotopic (exact) mass is 324 g/mol. The molecule has 0 saturated carbocycles. The summed E-state index contributed by atoms with van der Waals surface area (Å²) in [6, 6.07) is 16.1. The van der Waals surface area contributed by atoms with Gasteiger partial charge in [-0.05, 0) is 22.3 Å². The average Bonchev–Trinajstić information content (AvgIpc) is 2.59. The third-order valence-corrected chi connectivity index (χ3v) is 4.25. The molecular formula is C18H16N2O2S. The molecule has 0 N–H and O–H groups in total. The molecular weight excluding hydrogens is 308 g/mol. The summed E-state index contributed by atoms with van der Waals surface area (Å²) >= 11 is 1.81. The maximum absolute atomic E-state index is 10.2. The molecule has 0 saturated heterocycles. The number of thioether (sulfide) groups is 1. The van der Waals surface area contributed by atoms with Gasteiger partial charge in [0.2, 0.25) is 12.2 Å². The largest absolute Gasteiger partial charge is 0.235 e. The maximum Gasteiger partial charge on any atom is 0.235 e. The van der Waals surface area contributed by atoms with Crippen LogP contribution in [0.4, 0.5) is 0 Å². The number of isocyanates is 2. The number of aliphatic imine (C=N–C) groups is 2. The van der Waals surface area contributed by atoms with Gasteiger partial charge in [0.05, 0.1) is 13.1 Å². The normalized spacial score (nSPS) is 9.74. The van der Waals surface area contributed by atoms with Crippen LogP contribution in [-0.4, -0.2) is 12.2 Å². The Morgan fingerprint density at radius 1 is 0.739 bits per heavy atom. The highest BCUT2D eigenvalue weighted by Crippen LogP contribution is 2.20. The van der Waals surface area contributed by atoms with Crippen LogP contribution in [0.1, 0.15) is 22.3 Å². The van der Waals surface area contributed by atoms with Gasteiger partial charge in [-0.1, -0.05) is 48.5 Å². The van der Waals surface area contributed by atoms with Crippen LogP contribution in [0.25, 0.3) is 0 Å². The number of benzene rings is 2. The van der Waals surface area contributed by atoms with E-state index in [-0.39, 0.29) is 0 Å². The summed E-state index contributed by atoms with van der Waals surface area (Å²) in [7, 11) is 0. The Morgan fingerprint density at radius 3 is 1.61 bits per heavy atom. The van der Waals surface area contributed by atoms with Gasteiger partial charge in [0.15, 0.2) is 0 Å². The van der Waals surface area contributed by atoms with Gasteiger partial charge in [-0.3, -0.25) is 0 Å². The first-order valence-electron chi connectivity index (χ1n) is 7.12. The van der Waals surface area contributed by atoms with E-state index in [0.29, 0.717) is 13.1 Å². The standard InChI is InChI=1S/C18H16N2O2S/c21-13-19-9-15-3-1-5-17(7-15)11-23-12-18-6-2-4-16(8-18)10-20-14-22/h1-8H,9-12H2. The lowest BCUT2D eigenvalue weighted by molar-refractivity contribution is 0.562. The molecule has 0 radical (unpaired) electrons. The molecule has 5 heteroatoms. The Kier molecular flexibility index (Phi) is 7.02. The van der Waals surface area contributed by atoms with Crippen molar-refractivity contribution in [3.8, 4) is 0 Å². The zero-order chi connectivity index (χ0) is 16.3. The van der Waals surface area contributed by atoms with Crippen LogP contribution in [0.2, 0.25) is 0 Å². The van der Waals surface area contributed by atoms with Gasteiger partial charge in [0.1, 0.15) is 0 Å². The van der Waals surface area contributed by atoms with Crippen molar-refractivity contribution in [1.29, 1.82) is 0 Å². The van der Waals surface area contributed by atoms with Crippen LogP contribution in [0, 0.1) is 0 Å². The zero-order valence-electron chi connectivity index (χ0n) is 12.6. The molecule has 116 valence electrons. The summed E-state index contributed by atoms with van der Waals surface area (Å²) in [6.07, 6.45) is 3.12. The Bertz CT molecular complexity index is 685. The average molecular weight is 324 g/mol. The Morgan fingerprint density at radius 2 is 1.17 bits per heavy atom. The van der Waals surface area contributed by atoms with Gasteiger partial charge in [0.25, 0.3) is 0 Å². The van der Waals surface area contributed by atoms with Gasteiger partial charge in [-0.25, -0.2) is 19.6 Å². The highest BCUT2D eigenvalue weighted by Gasteiger charge is 1.99. The van der Waals surface area contributed by atoms with Gasteiger partial charge < -0.3 is 0 Å². The van der Waals surface area contributed by atoms with E-state index in [2.05, 4.69) is 34.3 Å². The molecule has 0 atom stereocenters. The molecule has 0 aromatic heterocycles. The third-order valence-electron chi connectivity index (χ3n) is 3.17. The van der Waals surface area contributed by atoms with Gasteiger partial charge in [0, 0.05) is 11.5 Å². The molecule has 0 bridgehead atoms.